The highest BCUT2D eigenvalue weighted by atomic mass is 35.5. The van der Waals surface area contributed by atoms with Crippen LogP contribution in [0.1, 0.15) is 30.1 Å². The molecule has 1 aromatic heterocycles. The molecule has 100 valence electrons. The van der Waals surface area contributed by atoms with Crippen LogP contribution in [0.4, 0.5) is 0 Å². The fourth-order valence-electron chi connectivity index (χ4n) is 1.58. The Labute approximate surface area is 113 Å². The first kappa shape index (κ1) is 14.9. The summed E-state index contributed by atoms with van der Waals surface area (Å²) in [6.07, 6.45) is 3.58. The second kappa shape index (κ2) is 8.06. The predicted octanol–water partition coefficient (Wildman–Crippen LogP) is 2.62. The highest BCUT2D eigenvalue weighted by Gasteiger charge is 2.15. The van der Waals surface area contributed by atoms with E-state index in [1.807, 2.05) is 0 Å². The molecule has 0 saturated carbocycles. The van der Waals surface area contributed by atoms with E-state index in [4.69, 9.17) is 16.3 Å². The molecule has 0 aliphatic carbocycles. The van der Waals surface area contributed by atoms with Gasteiger partial charge in [-0.1, -0.05) is 24.9 Å². The average molecular weight is 271 g/mol. The lowest BCUT2D eigenvalue weighted by Gasteiger charge is -2.22. The molecule has 0 aliphatic rings. The predicted molar refractivity (Wildman–Crippen MR) is 71.9 cm³/mol. The van der Waals surface area contributed by atoms with Gasteiger partial charge in [-0.25, -0.2) is 4.98 Å². The van der Waals surface area contributed by atoms with Crippen LogP contribution in [0.3, 0.4) is 0 Å². The van der Waals surface area contributed by atoms with Crippen molar-refractivity contribution in [2.75, 3.05) is 26.8 Å². The number of unbranched alkanes of at least 4 members (excludes halogenated alkanes) is 1. The number of carbonyl (C=O) groups is 1. The third kappa shape index (κ3) is 4.63. The molecule has 0 bridgehead atoms. The number of rotatable bonds is 7. The Morgan fingerprint density at radius 3 is 2.89 bits per heavy atom. The van der Waals surface area contributed by atoms with Crippen LogP contribution in [-0.2, 0) is 4.74 Å². The van der Waals surface area contributed by atoms with E-state index in [0.29, 0.717) is 23.9 Å². The summed E-state index contributed by atoms with van der Waals surface area (Å²) >= 11 is 5.80. The quantitative estimate of drug-likeness (QED) is 0.716. The van der Waals surface area contributed by atoms with Crippen molar-refractivity contribution in [3.8, 4) is 0 Å². The summed E-state index contributed by atoms with van der Waals surface area (Å²) in [5.74, 6) is -0.0233. The summed E-state index contributed by atoms with van der Waals surface area (Å²) in [6.45, 7) is 3.96. The number of pyridine rings is 1. The van der Waals surface area contributed by atoms with E-state index in [-0.39, 0.29) is 5.91 Å². The summed E-state index contributed by atoms with van der Waals surface area (Å²) in [5.41, 5.74) is 0.571. The van der Waals surface area contributed by atoms with Crippen LogP contribution in [0.5, 0.6) is 0 Å². The molecule has 0 aliphatic heterocycles. The number of nitrogens with zero attached hydrogens (tertiary/aromatic N) is 2. The standard InChI is InChI=1S/C13H19ClN2O2/c1-3-4-7-16(8-9-18-2)13(17)11-5-6-15-12(14)10-11/h5-6,10H,3-4,7-9H2,1-2H3. The Hall–Kier alpha value is -1.13. The van der Waals surface area contributed by atoms with Gasteiger partial charge in [0.15, 0.2) is 0 Å². The Morgan fingerprint density at radius 2 is 2.28 bits per heavy atom. The van der Waals surface area contributed by atoms with Gasteiger partial charge in [-0.3, -0.25) is 4.79 Å². The largest absolute Gasteiger partial charge is 0.383 e. The Morgan fingerprint density at radius 1 is 1.50 bits per heavy atom. The van der Waals surface area contributed by atoms with Gasteiger partial charge in [0.1, 0.15) is 5.15 Å². The number of hydrogen-bond acceptors (Lipinski definition) is 3. The Bertz CT molecular complexity index is 377. The fourth-order valence-corrected chi connectivity index (χ4v) is 1.76. The summed E-state index contributed by atoms with van der Waals surface area (Å²) in [7, 11) is 1.63. The molecule has 0 unspecified atom stereocenters. The van der Waals surface area contributed by atoms with Gasteiger partial charge in [0.25, 0.3) is 5.91 Å². The number of aromatic nitrogens is 1. The SMILES string of the molecule is CCCCN(CCOC)C(=O)c1ccnc(Cl)c1. The number of hydrogen-bond donors (Lipinski definition) is 0. The molecule has 0 fully saturated rings. The number of halogens is 1. The second-order valence-corrected chi connectivity index (χ2v) is 4.39. The van der Waals surface area contributed by atoms with Crippen molar-refractivity contribution in [1.29, 1.82) is 0 Å². The molecule has 0 atom stereocenters. The molecule has 0 spiro atoms. The van der Waals surface area contributed by atoms with Crippen molar-refractivity contribution in [1.82, 2.24) is 9.88 Å². The lowest BCUT2D eigenvalue weighted by atomic mass is 10.2. The topological polar surface area (TPSA) is 42.4 Å². The van der Waals surface area contributed by atoms with Crippen molar-refractivity contribution in [3.05, 3.63) is 29.0 Å². The summed E-state index contributed by atoms with van der Waals surface area (Å²) in [6, 6.07) is 3.27. The molecule has 18 heavy (non-hydrogen) atoms. The zero-order valence-electron chi connectivity index (χ0n) is 10.9. The van der Waals surface area contributed by atoms with Gasteiger partial charge in [0.2, 0.25) is 0 Å². The number of amides is 1. The number of ether oxygens (including phenoxy) is 1. The van der Waals surface area contributed by atoms with Crippen LogP contribution in [0.25, 0.3) is 0 Å². The third-order valence-electron chi connectivity index (χ3n) is 2.61. The van der Waals surface area contributed by atoms with Crippen LogP contribution in [0.2, 0.25) is 5.15 Å². The van der Waals surface area contributed by atoms with Crippen LogP contribution < -0.4 is 0 Å². The molecular formula is C13H19ClN2O2. The van der Waals surface area contributed by atoms with Gasteiger partial charge >= 0.3 is 0 Å². The van der Waals surface area contributed by atoms with E-state index in [0.717, 1.165) is 19.4 Å². The molecule has 1 rings (SSSR count). The van der Waals surface area contributed by atoms with Gasteiger partial charge < -0.3 is 9.64 Å². The van der Waals surface area contributed by atoms with E-state index in [9.17, 15) is 4.79 Å². The molecule has 5 heteroatoms. The van der Waals surface area contributed by atoms with Crippen molar-refractivity contribution in [3.63, 3.8) is 0 Å². The molecule has 0 saturated heterocycles. The second-order valence-electron chi connectivity index (χ2n) is 4.01. The first-order chi connectivity index (χ1) is 8.69. The van der Waals surface area contributed by atoms with Gasteiger partial charge in [-0.05, 0) is 18.6 Å². The summed E-state index contributed by atoms with van der Waals surface area (Å²) < 4.78 is 5.03. The minimum absolute atomic E-state index is 0.0233. The maximum absolute atomic E-state index is 12.3. The number of carbonyl (C=O) groups excluding carboxylic acids is 1. The summed E-state index contributed by atoms with van der Waals surface area (Å²) in [4.78, 5) is 18.0. The molecule has 4 nitrogen and oxygen atoms in total. The van der Waals surface area contributed by atoms with E-state index < -0.39 is 0 Å². The monoisotopic (exact) mass is 270 g/mol. The van der Waals surface area contributed by atoms with E-state index in [1.54, 1.807) is 30.3 Å². The fraction of sp³-hybridized carbons (Fsp3) is 0.538. The molecule has 0 aromatic carbocycles. The minimum Gasteiger partial charge on any atom is -0.383 e. The zero-order valence-corrected chi connectivity index (χ0v) is 11.6. The first-order valence-corrected chi connectivity index (χ1v) is 6.46. The van der Waals surface area contributed by atoms with Crippen LogP contribution in [0, 0.1) is 0 Å². The van der Waals surface area contributed by atoms with Crippen molar-refractivity contribution in [2.45, 2.75) is 19.8 Å². The van der Waals surface area contributed by atoms with Gasteiger partial charge in [0.05, 0.1) is 6.61 Å². The Balaban J connectivity index is 2.73. The van der Waals surface area contributed by atoms with Crippen molar-refractivity contribution in [2.24, 2.45) is 0 Å². The Kier molecular flexibility index (Phi) is 6.68. The van der Waals surface area contributed by atoms with Crippen LogP contribution >= 0.6 is 11.6 Å². The normalized spacial score (nSPS) is 10.4. The van der Waals surface area contributed by atoms with Crippen LogP contribution in [0.15, 0.2) is 18.3 Å². The zero-order chi connectivity index (χ0) is 13.4. The first-order valence-electron chi connectivity index (χ1n) is 6.08. The maximum Gasteiger partial charge on any atom is 0.254 e. The van der Waals surface area contributed by atoms with Crippen LogP contribution in [-0.4, -0.2) is 42.6 Å². The smallest absolute Gasteiger partial charge is 0.254 e. The van der Waals surface area contributed by atoms with E-state index in [2.05, 4.69) is 11.9 Å². The molecule has 1 amide bonds. The third-order valence-corrected chi connectivity index (χ3v) is 2.81. The lowest BCUT2D eigenvalue weighted by Crippen LogP contribution is -2.34. The summed E-state index contributed by atoms with van der Waals surface area (Å²) in [5, 5.41) is 0.336. The average Bonchev–Trinajstić information content (AvgIpc) is 2.38. The minimum atomic E-state index is -0.0233. The maximum atomic E-state index is 12.3. The van der Waals surface area contributed by atoms with E-state index >= 15 is 0 Å². The molecule has 0 N–H and O–H groups in total. The van der Waals surface area contributed by atoms with Gasteiger partial charge in [-0.15, -0.1) is 0 Å². The molecule has 1 heterocycles. The van der Waals surface area contributed by atoms with E-state index in [1.165, 1.54) is 0 Å². The lowest BCUT2D eigenvalue weighted by molar-refractivity contribution is 0.0693. The molecule has 0 radical (unpaired) electrons. The molecule has 1 aromatic rings. The highest BCUT2D eigenvalue weighted by molar-refractivity contribution is 6.29. The molecular weight excluding hydrogens is 252 g/mol. The van der Waals surface area contributed by atoms with Crippen molar-refractivity contribution < 1.29 is 9.53 Å². The highest BCUT2D eigenvalue weighted by Crippen LogP contribution is 2.10. The van der Waals surface area contributed by atoms with Gasteiger partial charge in [-0.2, -0.15) is 0 Å². The van der Waals surface area contributed by atoms with Gasteiger partial charge in [0, 0.05) is 32.0 Å². The van der Waals surface area contributed by atoms with Crippen molar-refractivity contribution >= 4 is 17.5 Å². The number of methoxy groups -OCH3 is 1.